The smallest absolute Gasteiger partial charge is 0.239 e. The van der Waals surface area contributed by atoms with Crippen molar-refractivity contribution in [2.75, 3.05) is 4.90 Å². The molecule has 2 heterocycles. The molecule has 114 valence electrons. The molecular formula is C18H14N2O2S. The first kappa shape index (κ1) is 14.1. The lowest BCUT2D eigenvalue weighted by atomic mass is 9.98. The number of fused-ring (bicyclic) bond motifs is 1. The van der Waals surface area contributed by atoms with Crippen molar-refractivity contribution >= 4 is 38.5 Å². The fourth-order valence-corrected chi connectivity index (χ4v) is 3.90. The largest absolute Gasteiger partial charge is 0.274 e. The van der Waals surface area contributed by atoms with E-state index in [0.29, 0.717) is 11.6 Å². The van der Waals surface area contributed by atoms with Crippen LogP contribution in [0.1, 0.15) is 12.0 Å². The lowest BCUT2D eigenvalue weighted by Gasteiger charge is -2.11. The Morgan fingerprint density at radius 3 is 2.57 bits per heavy atom. The minimum atomic E-state index is -0.295. The molecule has 4 rings (SSSR count). The third-order valence-electron chi connectivity index (χ3n) is 4.04. The molecule has 2 aromatic carbocycles. The van der Waals surface area contributed by atoms with Gasteiger partial charge in [-0.25, -0.2) is 9.88 Å². The van der Waals surface area contributed by atoms with E-state index in [-0.39, 0.29) is 24.2 Å². The lowest BCUT2D eigenvalue weighted by Crippen LogP contribution is -2.30. The summed E-state index contributed by atoms with van der Waals surface area (Å²) in [5.41, 5.74) is 1.89. The predicted octanol–water partition coefficient (Wildman–Crippen LogP) is 3.42. The second kappa shape index (κ2) is 5.59. The molecule has 0 aliphatic carbocycles. The van der Waals surface area contributed by atoms with Gasteiger partial charge in [0.1, 0.15) is 0 Å². The van der Waals surface area contributed by atoms with Crippen LogP contribution in [-0.2, 0) is 16.0 Å². The highest BCUT2D eigenvalue weighted by molar-refractivity contribution is 7.22. The van der Waals surface area contributed by atoms with E-state index in [1.807, 2.05) is 54.6 Å². The maximum Gasteiger partial charge on any atom is 0.239 e. The van der Waals surface area contributed by atoms with Gasteiger partial charge < -0.3 is 0 Å². The zero-order valence-electron chi connectivity index (χ0n) is 12.3. The topological polar surface area (TPSA) is 50.3 Å². The summed E-state index contributed by atoms with van der Waals surface area (Å²) in [5.74, 6) is -0.593. The summed E-state index contributed by atoms with van der Waals surface area (Å²) < 4.78 is 0.981. The summed E-state index contributed by atoms with van der Waals surface area (Å²) in [6.07, 6.45) is 0.844. The number of hydrogen-bond donors (Lipinski definition) is 0. The number of amides is 2. The summed E-state index contributed by atoms with van der Waals surface area (Å²) in [5, 5.41) is 0.483. The van der Waals surface area contributed by atoms with Gasteiger partial charge >= 0.3 is 0 Å². The Morgan fingerprint density at radius 2 is 1.78 bits per heavy atom. The monoisotopic (exact) mass is 322 g/mol. The standard InChI is InChI=1S/C18H14N2O2S/c21-16-11-13(10-12-6-2-1-3-7-12)17(22)20(16)18-19-14-8-4-5-9-15(14)23-18/h1-9,13H,10-11H2/t13-/m0/s1. The predicted molar refractivity (Wildman–Crippen MR) is 90.4 cm³/mol. The van der Waals surface area contributed by atoms with Crippen LogP contribution in [0.15, 0.2) is 54.6 Å². The van der Waals surface area contributed by atoms with Crippen molar-refractivity contribution in [1.29, 1.82) is 0 Å². The highest BCUT2D eigenvalue weighted by Gasteiger charge is 2.40. The Hall–Kier alpha value is -2.53. The number of rotatable bonds is 3. The molecule has 23 heavy (non-hydrogen) atoms. The number of imide groups is 1. The number of benzene rings is 2. The molecule has 1 fully saturated rings. The molecule has 2 amide bonds. The Kier molecular flexibility index (Phi) is 3.42. The maximum absolute atomic E-state index is 12.7. The molecule has 0 saturated carbocycles. The summed E-state index contributed by atoms with van der Waals surface area (Å²) in [6.45, 7) is 0. The van der Waals surface area contributed by atoms with Gasteiger partial charge in [-0.05, 0) is 24.1 Å². The minimum absolute atomic E-state index is 0.141. The maximum atomic E-state index is 12.7. The zero-order chi connectivity index (χ0) is 15.8. The van der Waals surface area contributed by atoms with Crippen molar-refractivity contribution in [1.82, 2.24) is 4.98 Å². The Bertz CT molecular complexity index is 855. The number of hydrogen-bond acceptors (Lipinski definition) is 4. The van der Waals surface area contributed by atoms with Gasteiger partial charge in [-0.2, -0.15) is 0 Å². The molecule has 1 aromatic heterocycles. The SMILES string of the molecule is O=C1C[C@H](Cc2ccccc2)C(=O)N1c1nc2ccccc2s1. The minimum Gasteiger partial charge on any atom is -0.274 e. The highest BCUT2D eigenvalue weighted by Crippen LogP contribution is 2.34. The van der Waals surface area contributed by atoms with Crippen molar-refractivity contribution in [2.45, 2.75) is 12.8 Å². The van der Waals surface area contributed by atoms with Crippen molar-refractivity contribution < 1.29 is 9.59 Å². The van der Waals surface area contributed by atoms with Crippen molar-refractivity contribution in [2.24, 2.45) is 5.92 Å². The number of anilines is 1. The number of carbonyl (C=O) groups excluding carboxylic acids is 2. The van der Waals surface area contributed by atoms with Crippen LogP contribution in [0.4, 0.5) is 5.13 Å². The van der Waals surface area contributed by atoms with Crippen LogP contribution in [0.5, 0.6) is 0 Å². The van der Waals surface area contributed by atoms with E-state index >= 15 is 0 Å². The van der Waals surface area contributed by atoms with Crippen LogP contribution in [0, 0.1) is 5.92 Å². The van der Waals surface area contributed by atoms with Gasteiger partial charge in [0.2, 0.25) is 11.8 Å². The molecule has 1 aliphatic heterocycles. The molecule has 0 radical (unpaired) electrons. The fraction of sp³-hybridized carbons (Fsp3) is 0.167. The Morgan fingerprint density at radius 1 is 1.04 bits per heavy atom. The molecule has 4 nitrogen and oxygen atoms in total. The molecule has 1 atom stereocenters. The van der Waals surface area contributed by atoms with Crippen molar-refractivity contribution in [3.05, 3.63) is 60.2 Å². The van der Waals surface area contributed by atoms with E-state index < -0.39 is 0 Å². The summed E-state index contributed by atoms with van der Waals surface area (Å²) in [4.78, 5) is 30.7. The van der Waals surface area contributed by atoms with E-state index in [9.17, 15) is 9.59 Å². The molecule has 0 bridgehead atoms. The van der Waals surface area contributed by atoms with E-state index in [1.165, 1.54) is 16.2 Å². The van der Waals surface area contributed by atoms with Gasteiger partial charge in [-0.15, -0.1) is 0 Å². The lowest BCUT2D eigenvalue weighted by molar-refractivity contribution is -0.122. The number of aromatic nitrogens is 1. The van der Waals surface area contributed by atoms with Crippen LogP contribution < -0.4 is 4.90 Å². The molecule has 0 spiro atoms. The van der Waals surface area contributed by atoms with Crippen LogP contribution in [0.25, 0.3) is 10.2 Å². The molecular weight excluding hydrogens is 308 g/mol. The molecule has 3 aromatic rings. The van der Waals surface area contributed by atoms with Crippen LogP contribution in [-0.4, -0.2) is 16.8 Å². The van der Waals surface area contributed by atoms with E-state index in [1.54, 1.807) is 0 Å². The Balaban J connectivity index is 1.62. The van der Waals surface area contributed by atoms with Gasteiger partial charge in [0.25, 0.3) is 0 Å². The molecule has 1 saturated heterocycles. The summed E-state index contributed by atoms with van der Waals surface area (Å²) in [7, 11) is 0. The van der Waals surface area contributed by atoms with Gasteiger partial charge in [-0.3, -0.25) is 9.59 Å². The average molecular weight is 322 g/mol. The van der Waals surface area contributed by atoms with Gasteiger partial charge in [0.05, 0.1) is 16.1 Å². The third-order valence-corrected chi connectivity index (χ3v) is 5.06. The number of para-hydroxylation sites is 1. The normalized spacial score (nSPS) is 18.1. The van der Waals surface area contributed by atoms with Crippen LogP contribution >= 0.6 is 11.3 Å². The van der Waals surface area contributed by atoms with Gasteiger partial charge in [0.15, 0.2) is 5.13 Å². The van der Waals surface area contributed by atoms with Gasteiger partial charge in [-0.1, -0.05) is 53.8 Å². The van der Waals surface area contributed by atoms with Crippen molar-refractivity contribution in [3.63, 3.8) is 0 Å². The van der Waals surface area contributed by atoms with E-state index in [2.05, 4.69) is 4.98 Å². The second-order valence-electron chi connectivity index (χ2n) is 5.62. The average Bonchev–Trinajstić information content (AvgIpc) is 3.09. The zero-order valence-corrected chi connectivity index (χ0v) is 13.1. The number of thiazole rings is 1. The molecule has 5 heteroatoms. The first-order valence-corrected chi connectivity index (χ1v) is 8.30. The van der Waals surface area contributed by atoms with Crippen LogP contribution in [0.3, 0.4) is 0 Å². The molecule has 0 N–H and O–H groups in total. The van der Waals surface area contributed by atoms with Gasteiger partial charge in [0, 0.05) is 6.42 Å². The molecule has 1 aliphatic rings. The highest BCUT2D eigenvalue weighted by atomic mass is 32.1. The summed E-state index contributed by atoms with van der Waals surface area (Å²) in [6, 6.07) is 17.5. The van der Waals surface area contributed by atoms with Crippen molar-refractivity contribution in [3.8, 4) is 0 Å². The van der Waals surface area contributed by atoms with E-state index in [4.69, 9.17) is 0 Å². The van der Waals surface area contributed by atoms with Crippen LogP contribution in [0.2, 0.25) is 0 Å². The summed E-state index contributed by atoms with van der Waals surface area (Å²) >= 11 is 1.38. The third kappa shape index (κ3) is 2.53. The molecule has 0 unspecified atom stereocenters. The second-order valence-corrected chi connectivity index (χ2v) is 6.63. The first-order valence-electron chi connectivity index (χ1n) is 7.48. The number of nitrogens with zero attached hydrogens (tertiary/aromatic N) is 2. The van der Waals surface area contributed by atoms with E-state index in [0.717, 1.165) is 15.8 Å². The fourth-order valence-electron chi connectivity index (χ4n) is 2.91. The quantitative estimate of drug-likeness (QED) is 0.694. The Labute approximate surface area is 137 Å². The first-order chi connectivity index (χ1) is 11.2. The number of carbonyl (C=O) groups is 2.